The predicted octanol–water partition coefficient (Wildman–Crippen LogP) is 7.87. The Balaban J connectivity index is 1.97. The summed E-state index contributed by atoms with van der Waals surface area (Å²) in [5.74, 6) is 0. The fourth-order valence-corrected chi connectivity index (χ4v) is 7.33. The quantitative estimate of drug-likeness (QED) is 0.191. The average molecular weight is 467 g/mol. The van der Waals surface area contributed by atoms with E-state index in [1.165, 1.54) is 54.8 Å². The van der Waals surface area contributed by atoms with Crippen molar-refractivity contribution in [1.29, 1.82) is 0 Å². The van der Waals surface area contributed by atoms with Crippen molar-refractivity contribution in [3.63, 3.8) is 0 Å². The van der Waals surface area contributed by atoms with Crippen molar-refractivity contribution in [2.24, 2.45) is 7.05 Å². The number of aromatic nitrogens is 1. The van der Waals surface area contributed by atoms with Gasteiger partial charge < -0.3 is 4.42 Å². The maximum absolute atomic E-state index is 6.55. The van der Waals surface area contributed by atoms with Crippen LogP contribution in [0.1, 0.15) is 37.5 Å². The SMILES string of the molecule is Cc1ccc2c(c1)c([Si](C)(C)C(C)(C)C)cc(-c1c(C)c(C)cc3c1oc1ccccc13)[n+]2C. The third-order valence-corrected chi connectivity index (χ3v) is 13.9. The molecule has 2 nitrogen and oxygen atoms in total. The van der Waals surface area contributed by atoms with E-state index in [0.717, 1.165) is 11.2 Å². The Morgan fingerprint density at radius 1 is 0.824 bits per heavy atom. The fourth-order valence-electron chi connectivity index (χ4n) is 5.16. The highest BCUT2D eigenvalue weighted by Gasteiger charge is 2.40. The first-order chi connectivity index (χ1) is 15.9. The highest BCUT2D eigenvalue weighted by Crippen LogP contribution is 2.41. The molecule has 0 saturated heterocycles. The summed E-state index contributed by atoms with van der Waals surface area (Å²) in [5, 5.41) is 5.54. The molecule has 0 aliphatic carbocycles. The van der Waals surface area contributed by atoms with Crippen molar-refractivity contribution < 1.29 is 8.98 Å². The van der Waals surface area contributed by atoms with Crippen molar-refractivity contribution in [1.82, 2.24) is 0 Å². The number of hydrogen-bond acceptors (Lipinski definition) is 1. The Labute approximate surface area is 204 Å². The first kappa shape index (κ1) is 22.9. The highest BCUT2D eigenvalue weighted by atomic mass is 28.3. The number of hydrogen-bond donors (Lipinski definition) is 0. The summed E-state index contributed by atoms with van der Waals surface area (Å²) < 4.78 is 8.93. The number of aryl methyl sites for hydroxylation is 3. The molecule has 0 aliphatic heterocycles. The molecule has 2 aromatic heterocycles. The van der Waals surface area contributed by atoms with E-state index in [1.807, 2.05) is 0 Å². The zero-order chi connectivity index (χ0) is 24.6. The number of pyridine rings is 1. The summed E-state index contributed by atoms with van der Waals surface area (Å²) in [6.45, 7) is 18.9. The van der Waals surface area contributed by atoms with Gasteiger partial charge in [0, 0.05) is 28.3 Å². The number of rotatable bonds is 2. The Kier molecular flexibility index (Phi) is 5.07. The Morgan fingerprint density at radius 3 is 2.24 bits per heavy atom. The third kappa shape index (κ3) is 3.25. The summed E-state index contributed by atoms with van der Waals surface area (Å²) in [5.41, 5.74) is 9.58. The lowest BCUT2D eigenvalue weighted by Crippen LogP contribution is -2.51. The topological polar surface area (TPSA) is 17.0 Å². The highest BCUT2D eigenvalue weighted by molar-refractivity contribution is 6.93. The lowest BCUT2D eigenvalue weighted by atomic mass is 9.95. The molecule has 0 unspecified atom stereocenters. The maximum Gasteiger partial charge on any atom is 0.216 e. The number of benzene rings is 3. The van der Waals surface area contributed by atoms with Crippen LogP contribution in [0.15, 0.2) is 59.0 Å². The molecule has 0 N–H and O–H groups in total. The van der Waals surface area contributed by atoms with Crippen molar-refractivity contribution in [2.45, 2.75) is 59.7 Å². The summed E-state index contributed by atoms with van der Waals surface area (Å²) in [7, 11) is 0.377. The summed E-state index contributed by atoms with van der Waals surface area (Å²) in [6.07, 6.45) is 0. The minimum absolute atomic E-state index is 0.233. The Bertz CT molecular complexity index is 1600. The van der Waals surface area contributed by atoms with Crippen LogP contribution in [-0.4, -0.2) is 8.07 Å². The molecule has 0 fully saturated rings. The molecule has 5 aromatic rings. The van der Waals surface area contributed by atoms with Crippen molar-refractivity contribution in [3.05, 3.63) is 71.3 Å². The van der Waals surface area contributed by atoms with Crippen molar-refractivity contribution >= 4 is 46.1 Å². The van der Waals surface area contributed by atoms with E-state index in [4.69, 9.17) is 4.42 Å². The standard InChI is InChI=1S/C31H36NOSi/c1-19-14-15-25-24(16-19)28(34(8,9)31(4,5)6)18-26(32(25)7)29-21(3)20(2)17-23-22-12-10-11-13-27(22)33-30(23)29/h10-18H,1-9H3/q+1. The van der Waals surface area contributed by atoms with Crippen molar-refractivity contribution in [2.75, 3.05) is 0 Å². The van der Waals surface area contributed by atoms with Crippen LogP contribution in [0, 0.1) is 20.8 Å². The van der Waals surface area contributed by atoms with Gasteiger partial charge in [0.2, 0.25) is 11.2 Å². The number of fused-ring (bicyclic) bond motifs is 4. The molecule has 0 amide bonds. The first-order valence-electron chi connectivity index (χ1n) is 12.3. The normalized spacial score (nSPS) is 12.9. The van der Waals surface area contributed by atoms with Crippen LogP contribution in [0.3, 0.4) is 0 Å². The Hall–Kier alpha value is -2.91. The van der Waals surface area contributed by atoms with E-state index in [2.05, 4.69) is 121 Å². The fraction of sp³-hybridized carbons (Fsp3) is 0.323. The van der Waals surface area contributed by atoms with E-state index in [0.29, 0.717) is 0 Å². The lowest BCUT2D eigenvalue weighted by molar-refractivity contribution is -0.633. The van der Waals surface area contributed by atoms with Crippen molar-refractivity contribution in [3.8, 4) is 11.3 Å². The molecule has 34 heavy (non-hydrogen) atoms. The third-order valence-electron chi connectivity index (χ3n) is 8.44. The molecule has 0 bridgehead atoms. The van der Waals surface area contributed by atoms with Crippen LogP contribution in [-0.2, 0) is 7.05 Å². The second-order valence-electron chi connectivity index (χ2n) is 11.6. The van der Waals surface area contributed by atoms with E-state index >= 15 is 0 Å². The second kappa shape index (κ2) is 7.54. The average Bonchev–Trinajstić information content (AvgIpc) is 3.12. The zero-order valence-corrected chi connectivity index (χ0v) is 23.1. The molecule has 3 aromatic carbocycles. The minimum Gasteiger partial charge on any atom is -0.455 e. The molecule has 174 valence electrons. The molecule has 0 aliphatic rings. The zero-order valence-electron chi connectivity index (χ0n) is 22.1. The molecule has 5 rings (SSSR count). The smallest absolute Gasteiger partial charge is 0.216 e. The molecule has 3 heteroatoms. The summed E-state index contributed by atoms with van der Waals surface area (Å²) in [6, 6.07) is 20.1. The molecular weight excluding hydrogens is 430 g/mol. The van der Waals surface area contributed by atoms with Crippen LogP contribution in [0.5, 0.6) is 0 Å². The van der Waals surface area contributed by atoms with Gasteiger partial charge in [-0.25, -0.2) is 0 Å². The molecule has 2 heterocycles. The molecule has 0 saturated carbocycles. The van der Waals surface area contributed by atoms with Crippen LogP contribution in [0.2, 0.25) is 18.1 Å². The molecule has 0 radical (unpaired) electrons. The van der Waals surface area contributed by atoms with Crippen LogP contribution in [0.25, 0.3) is 44.1 Å². The van der Waals surface area contributed by atoms with Gasteiger partial charge in [0.05, 0.1) is 13.6 Å². The van der Waals surface area contributed by atoms with Crippen LogP contribution < -0.4 is 9.75 Å². The van der Waals surface area contributed by atoms with E-state index in [1.54, 1.807) is 0 Å². The van der Waals surface area contributed by atoms with Gasteiger partial charge in [-0.1, -0.05) is 63.7 Å². The maximum atomic E-state index is 6.55. The van der Waals surface area contributed by atoms with Gasteiger partial charge in [-0.2, -0.15) is 4.57 Å². The molecular formula is C31H36NOSi+. The number of nitrogens with zero attached hydrogens (tertiary/aromatic N) is 1. The van der Waals surface area contributed by atoms with Gasteiger partial charge in [-0.15, -0.1) is 0 Å². The van der Waals surface area contributed by atoms with E-state index in [9.17, 15) is 0 Å². The van der Waals surface area contributed by atoms with Gasteiger partial charge in [-0.05, 0) is 60.3 Å². The second-order valence-corrected chi connectivity index (χ2v) is 16.9. The molecule has 0 spiro atoms. The minimum atomic E-state index is -1.83. The largest absolute Gasteiger partial charge is 0.455 e. The predicted molar refractivity (Wildman–Crippen MR) is 149 cm³/mol. The summed E-state index contributed by atoms with van der Waals surface area (Å²) >= 11 is 0. The number of furan rings is 1. The first-order valence-corrected chi connectivity index (χ1v) is 15.3. The van der Waals surface area contributed by atoms with Gasteiger partial charge in [0.25, 0.3) is 0 Å². The van der Waals surface area contributed by atoms with E-state index < -0.39 is 8.07 Å². The Morgan fingerprint density at radius 2 is 1.53 bits per heavy atom. The van der Waals surface area contributed by atoms with Gasteiger partial charge in [-0.3, -0.25) is 0 Å². The van der Waals surface area contributed by atoms with Crippen LogP contribution >= 0.6 is 0 Å². The number of para-hydroxylation sites is 1. The van der Waals surface area contributed by atoms with E-state index in [-0.39, 0.29) is 5.04 Å². The van der Waals surface area contributed by atoms with Crippen LogP contribution in [0.4, 0.5) is 0 Å². The van der Waals surface area contributed by atoms with Gasteiger partial charge in [0.1, 0.15) is 18.2 Å². The monoisotopic (exact) mass is 466 g/mol. The van der Waals surface area contributed by atoms with Gasteiger partial charge >= 0.3 is 0 Å². The molecule has 0 atom stereocenters. The summed E-state index contributed by atoms with van der Waals surface area (Å²) in [4.78, 5) is 0. The lowest BCUT2D eigenvalue weighted by Gasteiger charge is -2.38. The van der Waals surface area contributed by atoms with Gasteiger partial charge in [0.15, 0.2) is 0 Å².